The largest absolute Gasteiger partial charge is 0.303 e. The van der Waals surface area contributed by atoms with Gasteiger partial charge in [0.15, 0.2) is 0 Å². The summed E-state index contributed by atoms with van der Waals surface area (Å²) in [6.07, 6.45) is 29.1. The van der Waals surface area contributed by atoms with Crippen molar-refractivity contribution in [2.45, 2.75) is 163 Å². The number of hydrogen-bond donors (Lipinski definition) is 0. The first kappa shape index (κ1) is 31.7. The van der Waals surface area contributed by atoms with Gasteiger partial charge in [-0.15, -0.1) is 0 Å². The fourth-order valence-corrected chi connectivity index (χ4v) is 4.91. The van der Waals surface area contributed by atoms with E-state index in [1.807, 2.05) is 0 Å². The highest BCUT2D eigenvalue weighted by atomic mass is 15.1. The molecule has 0 bridgehead atoms. The van der Waals surface area contributed by atoms with Gasteiger partial charge in [-0.25, -0.2) is 0 Å². The summed E-state index contributed by atoms with van der Waals surface area (Å²) in [5, 5.41) is 0. The highest BCUT2D eigenvalue weighted by Crippen LogP contribution is 2.28. The van der Waals surface area contributed by atoms with Crippen LogP contribution in [-0.4, -0.2) is 24.5 Å². The highest BCUT2D eigenvalue weighted by Gasteiger charge is 2.12. The molecule has 0 aliphatic rings. The molecular formula is C31H63N. The van der Waals surface area contributed by atoms with Crippen molar-refractivity contribution in [3.05, 3.63) is 12.2 Å². The number of hydrogen-bond acceptors (Lipinski definition) is 1. The SMILES string of the molecule is C=C(CCCCCN(CCCC)CCCCC)C(CCCCCC)CCCCCCCC. The maximum atomic E-state index is 4.60. The Morgan fingerprint density at radius 3 is 1.50 bits per heavy atom. The van der Waals surface area contributed by atoms with Crippen LogP contribution >= 0.6 is 0 Å². The summed E-state index contributed by atoms with van der Waals surface area (Å²) in [5.74, 6) is 0.799. The molecule has 0 aromatic rings. The molecule has 0 saturated carbocycles. The van der Waals surface area contributed by atoms with E-state index >= 15 is 0 Å². The molecule has 0 saturated heterocycles. The van der Waals surface area contributed by atoms with Crippen LogP contribution < -0.4 is 0 Å². The Hall–Kier alpha value is -0.300. The van der Waals surface area contributed by atoms with Crippen LogP contribution in [-0.2, 0) is 0 Å². The fraction of sp³-hybridized carbons (Fsp3) is 0.935. The van der Waals surface area contributed by atoms with Gasteiger partial charge in [-0.3, -0.25) is 0 Å². The minimum atomic E-state index is 0.799. The molecule has 0 spiro atoms. The zero-order valence-corrected chi connectivity index (χ0v) is 23.2. The third-order valence-corrected chi connectivity index (χ3v) is 7.27. The van der Waals surface area contributed by atoms with E-state index in [1.54, 1.807) is 5.57 Å². The zero-order chi connectivity index (χ0) is 23.7. The van der Waals surface area contributed by atoms with E-state index in [9.17, 15) is 0 Å². The normalized spacial score (nSPS) is 12.5. The summed E-state index contributed by atoms with van der Waals surface area (Å²) in [6, 6.07) is 0. The molecule has 32 heavy (non-hydrogen) atoms. The third kappa shape index (κ3) is 20.3. The maximum absolute atomic E-state index is 4.60. The van der Waals surface area contributed by atoms with Crippen molar-refractivity contribution in [2.75, 3.05) is 19.6 Å². The molecule has 0 aliphatic carbocycles. The molecule has 192 valence electrons. The topological polar surface area (TPSA) is 3.24 Å². The molecule has 0 rings (SSSR count). The summed E-state index contributed by atoms with van der Waals surface area (Å²) in [5.41, 5.74) is 1.58. The molecule has 0 aromatic carbocycles. The van der Waals surface area contributed by atoms with Crippen LogP contribution in [0.15, 0.2) is 12.2 Å². The average Bonchev–Trinajstić information content (AvgIpc) is 2.80. The second-order valence-electron chi connectivity index (χ2n) is 10.5. The Kier molecular flexibility index (Phi) is 25.1. The fourth-order valence-electron chi connectivity index (χ4n) is 4.91. The first-order valence-corrected chi connectivity index (χ1v) is 15.1. The Morgan fingerprint density at radius 1 is 0.500 bits per heavy atom. The molecule has 0 radical (unpaired) electrons. The molecule has 0 N–H and O–H groups in total. The summed E-state index contributed by atoms with van der Waals surface area (Å²) < 4.78 is 0. The predicted molar refractivity (Wildman–Crippen MR) is 149 cm³/mol. The van der Waals surface area contributed by atoms with Crippen molar-refractivity contribution in [1.29, 1.82) is 0 Å². The second-order valence-corrected chi connectivity index (χ2v) is 10.5. The molecule has 0 heterocycles. The smallest absolute Gasteiger partial charge is 0.00187 e. The van der Waals surface area contributed by atoms with Crippen LogP contribution in [0.3, 0.4) is 0 Å². The molecule has 1 heteroatoms. The summed E-state index contributed by atoms with van der Waals surface area (Å²) >= 11 is 0. The molecule has 1 unspecified atom stereocenters. The lowest BCUT2D eigenvalue weighted by Gasteiger charge is -2.22. The Morgan fingerprint density at radius 2 is 0.906 bits per heavy atom. The van der Waals surface area contributed by atoms with E-state index in [0.29, 0.717) is 0 Å². The number of allylic oxidation sites excluding steroid dienone is 1. The average molecular weight is 450 g/mol. The van der Waals surface area contributed by atoms with E-state index < -0.39 is 0 Å². The quantitative estimate of drug-likeness (QED) is 0.0937. The monoisotopic (exact) mass is 449 g/mol. The van der Waals surface area contributed by atoms with E-state index in [1.165, 1.54) is 154 Å². The second kappa shape index (κ2) is 25.3. The summed E-state index contributed by atoms with van der Waals surface area (Å²) in [4.78, 5) is 2.74. The van der Waals surface area contributed by atoms with Crippen LogP contribution in [0.2, 0.25) is 0 Å². The van der Waals surface area contributed by atoms with Gasteiger partial charge in [-0.1, -0.05) is 130 Å². The zero-order valence-electron chi connectivity index (χ0n) is 23.2. The van der Waals surface area contributed by atoms with Gasteiger partial charge in [0, 0.05) is 0 Å². The molecular weight excluding hydrogens is 386 g/mol. The van der Waals surface area contributed by atoms with Crippen molar-refractivity contribution < 1.29 is 0 Å². The van der Waals surface area contributed by atoms with Crippen LogP contribution in [0.25, 0.3) is 0 Å². The summed E-state index contributed by atoms with van der Waals surface area (Å²) in [7, 11) is 0. The molecule has 0 aromatic heterocycles. The van der Waals surface area contributed by atoms with Gasteiger partial charge in [-0.2, -0.15) is 0 Å². The Bertz CT molecular complexity index is 375. The lowest BCUT2D eigenvalue weighted by molar-refractivity contribution is 0.257. The number of rotatable bonds is 26. The Labute approximate surface area is 205 Å². The van der Waals surface area contributed by atoms with Gasteiger partial charge in [0.25, 0.3) is 0 Å². The molecule has 1 nitrogen and oxygen atoms in total. The van der Waals surface area contributed by atoms with Crippen LogP contribution in [0.4, 0.5) is 0 Å². The Balaban J connectivity index is 4.19. The van der Waals surface area contributed by atoms with Crippen molar-refractivity contribution in [3.8, 4) is 0 Å². The molecule has 0 fully saturated rings. The van der Waals surface area contributed by atoms with Gasteiger partial charge in [0.1, 0.15) is 0 Å². The van der Waals surface area contributed by atoms with Crippen LogP contribution in [0.5, 0.6) is 0 Å². The van der Waals surface area contributed by atoms with Gasteiger partial charge >= 0.3 is 0 Å². The molecule has 0 aliphatic heterocycles. The van der Waals surface area contributed by atoms with Crippen molar-refractivity contribution in [3.63, 3.8) is 0 Å². The van der Waals surface area contributed by atoms with Crippen LogP contribution in [0.1, 0.15) is 163 Å². The lowest BCUT2D eigenvalue weighted by Crippen LogP contribution is -2.27. The van der Waals surface area contributed by atoms with Crippen molar-refractivity contribution in [1.82, 2.24) is 4.90 Å². The summed E-state index contributed by atoms with van der Waals surface area (Å²) in [6.45, 7) is 17.8. The molecule has 1 atom stereocenters. The van der Waals surface area contributed by atoms with Crippen LogP contribution in [0, 0.1) is 5.92 Å². The van der Waals surface area contributed by atoms with Gasteiger partial charge in [0.2, 0.25) is 0 Å². The number of nitrogens with zero attached hydrogens (tertiary/aromatic N) is 1. The maximum Gasteiger partial charge on any atom is -0.00187 e. The van der Waals surface area contributed by atoms with E-state index in [2.05, 4.69) is 39.2 Å². The van der Waals surface area contributed by atoms with Crippen molar-refractivity contribution >= 4 is 0 Å². The standard InChI is InChI=1S/C31H63N/c1-6-10-14-16-17-21-26-31(25-20-15-11-7-2)30(5)24-19-18-23-29-32(27-13-9-4)28-22-12-8-3/h31H,5-29H2,1-4H3. The van der Waals surface area contributed by atoms with Crippen molar-refractivity contribution in [2.24, 2.45) is 5.92 Å². The third-order valence-electron chi connectivity index (χ3n) is 7.27. The predicted octanol–water partition coefficient (Wildman–Crippen LogP) is 10.7. The highest BCUT2D eigenvalue weighted by molar-refractivity contribution is 5.00. The van der Waals surface area contributed by atoms with Gasteiger partial charge < -0.3 is 4.90 Å². The first-order valence-electron chi connectivity index (χ1n) is 15.1. The van der Waals surface area contributed by atoms with E-state index in [-0.39, 0.29) is 0 Å². The number of unbranched alkanes of at least 4 members (excludes halogenated alkanes) is 13. The lowest BCUT2D eigenvalue weighted by atomic mass is 9.86. The minimum absolute atomic E-state index is 0.799. The van der Waals surface area contributed by atoms with Gasteiger partial charge in [0.05, 0.1) is 0 Å². The van der Waals surface area contributed by atoms with Gasteiger partial charge in [-0.05, 0) is 70.5 Å². The van der Waals surface area contributed by atoms with E-state index in [0.717, 1.165) is 5.92 Å². The molecule has 0 amide bonds. The van der Waals surface area contributed by atoms with E-state index in [4.69, 9.17) is 0 Å². The minimum Gasteiger partial charge on any atom is -0.303 e. The first-order chi connectivity index (χ1) is 15.7.